The largest absolute Gasteiger partial charge is 0.397 e. The Bertz CT molecular complexity index is 338. The van der Waals surface area contributed by atoms with E-state index in [1.165, 1.54) is 7.11 Å². The second-order valence-corrected chi connectivity index (χ2v) is 11.8. The van der Waals surface area contributed by atoms with Crippen molar-refractivity contribution in [2.24, 2.45) is 0 Å². The zero-order valence-corrected chi connectivity index (χ0v) is 19.7. The number of rotatable bonds is 18. The van der Waals surface area contributed by atoms with Gasteiger partial charge in [0.25, 0.3) is 0 Å². The van der Waals surface area contributed by atoms with Gasteiger partial charge in [0.15, 0.2) is 0 Å². The van der Waals surface area contributed by atoms with E-state index in [4.69, 9.17) is 26.8 Å². The molecule has 1 atom stereocenters. The third-order valence-electron chi connectivity index (χ3n) is 3.43. The van der Waals surface area contributed by atoms with Crippen molar-refractivity contribution < 1.29 is 31.3 Å². The fourth-order valence-electron chi connectivity index (χ4n) is 2.29. The summed E-state index contributed by atoms with van der Waals surface area (Å²) in [4.78, 5) is 0. The third kappa shape index (κ3) is 13.3. The van der Waals surface area contributed by atoms with Gasteiger partial charge in [0, 0.05) is 33.5 Å². The minimum Gasteiger partial charge on any atom is -0.397 e. The van der Waals surface area contributed by atoms with E-state index in [1.54, 1.807) is 0 Å². The zero-order chi connectivity index (χ0) is 19.0. The van der Waals surface area contributed by atoms with Crippen LogP contribution in [0.4, 0.5) is 0 Å². The van der Waals surface area contributed by atoms with Gasteiger partial charge in [-0.1, -0.05) is 0 Å². The quantitative estimate of drug-likeness (QED) is 0.193. The van der Waals surface area contributed by atoms with Crippen LogP contribution in [0, 0.1) is 0 Å². The Labute approximate surface area is 156 Å². The van der Waals surface area contributed by atoms with E-state index in [0.717, 1.165) is 24.9 Å². The Balaban J connectivity index is 4.12. The molecule has 0 fully saturated rings. The highest BCUT2D eigenvalue weighted by atomic mass is 31.2. The van der Waals surface area contributed by atoms with Gasteiger partial charge in [-0.15, -0.1) is 0 Å². The summed E-state index contributed by atoms with van der Waals surface area (Å²) < 4.78 is 45.8. The molecular formula is C15H37O7PSi2. The van der Waals surface area contributed by atoms with Crippen LogP contribution < -0.4 is 0 Å². The van der Waals surface area contributed by atoms with Crippen LogP contribution in [0.5, 0.6) is 0 Å². The summed E-state index contributed by atoms with van der Waals surface area (Å²) in [5, 5.41) is 0. The molecule has 0 aliphatic carbocycles. The molecular weight excluding hydrogens is 379 g/mol. The molecule has 0 heterocycles. The molecule has 0 aliphatic heterocycles. The fourth-order valence-corrected chi connectivity index (χ4v) is 7.41. The lowest BCUT2D eigenvalue weighted by Gasteiger charge is -2.19. The first-order valence-electron chi connectivity index (χ1n) is 9.30. The van der Waals surface area contributed by atoms with E-state index in [-0.39, 0.29) is 0 Å². The van der Waals surface area contributed by atoms with Crippen LogP contribution in [0.3, 0.4) is 0 Å². The lowest BCUT2D eigenvalue weighted by atomic mass is 10.5. The molecule has 0 aromatic carbocycles. The molecule has 25 heavy (non-hydrogen) atoms. The molecule has 0 aromatic heterocycles. The van der Waals surface area contributed by atoms with Crippen LogP contribution in [-0.2, 0) is 31.3 Å². The van der Waals surface area contributed by atoms with Crippen LogP contribution >= 0.6 is 7.60 Å². The van der Waals surface area contributed by atoms with Crippen molar-refractivity contribution in [2.45, 2.75) is 52.6 Å². The molecule has 0 aromatic rings. The molecule has 10 heteroatoms. The monoisotopic (exact) mass is 416 g/mol. The number of hydrogen-bond acceptors (Lipinski definition) is 7. The summed E-state index contributed by atoms with van der Waals surface area (Å²) in [7, 11) is -4.87. The van der Waals surface area contributed by atoms with E-state index < -0.39 is 26.2 Å². The minimum absolute atomic E-state index is 0.394. The first-order chi connectivity index (χ1) is 12.0. The highest BCUT2D eigenvalue weighted by molar-refractivity contribution is 7.53. The van der Waals surface area contributed by atoms with E-state index >= 15 is 0 Å². The molecule has 152 valence electrons. The molecule has 0 radical (unpaired) electrons. The Morgan fingerprint density at radius 1 is 0.760 bits per heavy atom. The van der Waals surface area contributed by atoms with Crippen molar-refractivity contribution in [3.8, 4) is 0 Å². The van der Waals surface area contributed by atoms with Crippen molar-refractivity contribution in [1.82, 2.24) is 0 Å². The summed E-state index contributed by atoms with van der Waals surface area (Å²) >= 11 is 0. The summed E-state index contributed by atoms with van der Waals surface area (Å²) in [6.07, 6.45) is 1.88. The SMILES string of the molecule is CCO[SiH](CCCOP(=O)(CCC[SiH](OCC)OCC)OC)OCC. The normalized spacial score (nSPS) is 14.4. The molecule has 0 bridgehead atoms. The lowest BCUT2D eigenvalue weighted by molar-refractivity contribution is 0.203. The van der Waals surface area contributed by atoms with Crippen molar-refractivity contribution >= 4 is 26.2 Å². The van der Waals surface area contributed by atoms with Gasteiger partial charge in [-0.25, -0.2) is 0 Å². The van der Waals surface area contributed by atoms with Crippen LogP contribution in [0.2, 0.25) is 12.1 Å². The topological polar surface area (TPSA) is 72.5 Å². The highest BCUT2D eigenvalue weighted by Gasteiger charge is 2.24. The average Bonchev–Trinajstić information content (AvgIpc) is 2.59. The minimum atomic E-state index is -3.04. The van der Waals surface area contributed by atoms with Gasteiger partial charge in [0.05, 0.1) is 12.8 Å². The van der Waals surface area contributed by atoms with Crippen molar-refractivity contribution in [3.05, 3.63) is 0 Å². The van der Waals surface area contributed by atoms with Gasteiger partial charge >= 0.3 is 26.2 Å². The van der Waals surface area contributed by atoms with Gasteiger partial charge in [0.2, 0.25) is 0 Å². The molecule has 1 unspecified atom stereocenters. The molecule has 0 amide bonds. The Hall–Kier alpha value is 0.424. The first kappa shape index (κ1) is 25.4. The Morgan fingerprint density at radius 2 is 1.20 bits per heavy atom. The van der Waals surface area contributed by atoms with E-state index in [1.807, 2.05) is 27.7 Å². The van der Waals surface area contributed by atoms with Gasteiger partial charge in [-0.3, -0.25) is 4.57 Å². The van der Waals surface area contributed by atoms with Gasteiger partial charge < -0.3 is 26.8 Å². The van der Waals surface area contributed by atoms with Gasteiger partial charge in [-0.2, -0.15) is 0 Å². The maximum atomic E-state index is 12.6. The second-order valence-electron chi connectivity index (χ2n) is 5.32. The Morgan fingerprint density at radius 3 is 1.60 bits per heavy atom. The predicted molar refractivity (Wildman–Crippen MR) is 105 cm³/mol. The lowest BCUT2D eigenvalue weighted by Crippen LogP contribution is -2.23. The Kier molecular flexibility index (Phi) is 16.9. The van der Waals surface area contributed by atoms with E-state index in [0.29, 0.717) is 39.2 Å². The first-order valence-corrected chi connectivity index (χ1v) is 14.5. The second kappa shape index (κ2) is 16.6. The van der Waals surface area contributed by atoms with Crippen LogP contribution in [-0.4, -0.2) is 64.9 Å². The average molecular weight is 417 g/mol. The fraction of sp³-hybridized carbons (Fsp3) is 1.00. The molecule has 0 aliphatic rings. The van der Waals surface area contributed by atoms with Crippen LogP contribution in [0.1, 0.15) is 40.5 Å². The standard InChI is InChI=1S/C15H37O7PSi2/c1-6-19-24(20-7-2)14-10-12-18-23(16,17-5)13-11-15-25(21-8-3)22-9-4/h24-25H,6-15H2,1-5H3. The van der Waals surface area contributed by atoms with Crippen LogP contribution in [0.15, 0.2) is 0 Å². The molecule has 7 nitrogen and oxygen atoms in total. The molecule has 0 rings (SSSR count). The predicted octanol–water partition coefficient (Wildman–Crippen LogP) is 3.21. The van der Waals surface area contributed by atoms with Crippen molar-refractivity contribution in [2.75, 3.05) is 46.3 Å². The number of hydrogen-bond donors (Lipinski definition) is 0. The smallest absolute Gasteiger partial charge is 0.330 e. The van der Waals surface area contributed by atoms with Crippen molar-refractivity contribution in [3.63, 3.8) is 0 Å². The summed E-state index contributed by atoms with van der Waals surface area (Å²) in [6.45, 7) is 10.9. The molecule has 0 N–H and O–H groups in total. The highest BCUT2D eigenvalue weighted by Crippen LogP contribution is 2.48. The van der Waals surface area contributed by atoms with E-state index in [2.05, 4.69) is 0 Å². The van der Waals surface area contributed by atoms with Gasteiger partial charge in [0.1, 0.15) is 0 Å². The summed E-state index contributed by atoms with van der Waals surface area (Å²) in [6, 6.07) is 1.65. The third-order valence-corrected chi connectivity index (χ3v) is 10.0. The summed E-state index contributed by atoms with van der Waals surface area (Å²) in [5.41, 5.74) is 0. The summed E-state index contributed by atoms with van der Waals surface area (Å²) in [5.74, 6) is 0. The van der Waals surface area contributed by atoms with Gasteiger partial charge in [-0.05, 0) is 52.6 Å². The molecule has 0 saturated carbocycles. The van der Waals surface area contributed by atoms with Crippen LogP contribution in [0.25, 0.3) is 0 Å². The van der Waals surface area contributed by atoms with E-state index in [9.17, 15) is 4.57 Å². The van der Waals surface area contributed by atoms with Crippen molar-refractivity contribution in [1.29, 1.82) is 0 Å². The maximum absolute atomic E-state index is 12.6. The zero-order valence-electron chi connectivity index (χ0n) is 16.5. The maximum Gasteiger partial charge on any atom is 0.330 e. The molecule has 0 spiro atoms. The molecule has 0 saturated heterocycles.